The van der Waals surface area contributed by atoms with Gasteiger partial charge in [-0.05, 0) is 24.3 Å². The Bertz CT molecular complexity index is 592. The largest absolute Gasteiger partial charge is 0.497 e. The molecule has 0 bridgehead atoms. The molecule has 0 saturated carbocycles. The fourth-order valence-corrected chi connectivity index (χ4v) is 3.67. The van der Waals surface area contributed by atoms with Crippen LogP contribution in [-0.2, 0) is 14.8 Å². The second-order valence-electron chi connectivity index (χ2n) is 4.82. The van der Waals surface area contributed by atoms with Crippen LogP contribution in [0.25, 0.3) is 0 Å². The van der Waals surface area contributed by atoms with Crippen molar-refractivity contribution in [1.82, 2.24) is 9.21 Å². The van der Waals surface area contributed by atoms with E-state index in [1.165, 1.54) is 23.5 Å². The molecule has 1 amide bonds. The van der Waals surface area contributed by atoms with Gasteiger partial charge in [0.25, 0.3) is 0 Å². The zero-order valence-corrected chi connectivity index (χ0v) is 12.7. The molecule has 0 unspecified atom stereocenters. The molecule has 0 radical (unpaired) electrons. The van der Waals surface area contributed by atoms with Crippen LogP contribution in [0.3, 0.4) is 0 Å². The number of hydrogen-bond donors (Lipinski definition) is 1. The molecule has 7 nitrogen and oxygen atoms in total. The fraction of sp³-hybridized carbons (Fsp3) is 0.462. The van der Waals surface area contributed by atoms with Gasteiger partial charge in [-0.1, -0.05) is 0 Å². The number of primary amides is 1. The highest BCUT2D eigenvalue weighted by Gasteiger charge is 2.28. The number of nitrogens with two attached hydrogens (primary N) is 1. The van der Waals surface area contributed by atoms with Gasteiger partial charge in [-0.3, -0.25) is 9.69 Å². The Morgan fingerprint density at radius 2 is 1.76 bits per heavy atom. The van der Waals surface area contributed by atoms with Crippen molar-refractivity contribution in [2.45, 2.75) is 4.90 Å². The number of sulfonamides is 1. The standard InChI is InChI=1S/C13H19N3O4S/c1-20-11-2-4-12(5-3-11)21(18,19)16-8-6-15(7-9-16)10-13(14)17/h2-5H,6-10H2,1H3,(H2,14,17). The van der Waals surface area contributed by atoms with Gasteiger partial charge in [0.05, 0.1) is 18.6 Å². The molecule has 1 fully saturated rings. The van der Waals surface area contributed by atoms with Crippen LogP contribution in [-0.4, -0.2) is 63.4 Å². The van der Waals surface area contributed by atoms with Crippen molar-refractivity contribution in [2.75, 3.05) is 39.8 Å². The van der Waals surface area contributed by atoms with E-state index in [0.29, 0.717) is 31.9 Å². The zero-order valence-electron chi connectivity index (χ0n) is 11.9. The molecule has 0 aromatic heterocycles. The molecule has 1 aromatic rings. The topological polar surface area (TPSA) is 92.9 Å². The van der Waals surface area contributed by atoms with E-state index in [1.54, 1.807) is 12.1 Å². The van der Waals surface area contributed by atoms with Gasteiger partial charge in [0.15, 0.2) is 0 Å². The van der Waals surface area contributed by atoms with E-state index in [1.807, 2.05) is 4.90 Å². The van der Waals surface area contributed by atoms with Gasteiger partial charge in [-0.15, -0.1) is 0 Å². The van der Waals surface area contributed by atoms with Crippen LogP contribution >= 0.6 is 0 Å². The molecule has 21 heavy (non-hydrogen) atoms. The maximum Gasteiger partial charge on any atom is 0.243 e. The maximum atomic E-state index is 12.5. The van der Waals surface area contributed by atoms with Crippen LogP contribution in [0.4, 0.5) is 0 Å². The highest BCUT2D eigenvalue weighted by Crippen LogP contribution is 2.20. The smallest absolute Gasteiger partial charge is 0.243 e. The summed E-state index contributed by atoms with van der Waals surface area (Å²) in [6.45, 7) is 1.86. The molecular weight excluding hydrogens is 294 g/mol. The van der Waals surface area contributed by atoms with Crippen LogP contribution < -0.4 is 10.5 Å². The predicted molar refractivity (Wildman–Crippen MR) is 77.4 cm³/mol. The summed E-state index contributed by atoms with van der Waals surface area (Å²) in [7, 11) is -1.97. The van der Waals surface area contributed by atoms with Crippen molar-refractivity contribution < 1.29 is 17.9 Å². The number of amides is 1. The number of methoxy groups -OCH3 is 1. The first-order valence-corrected chi connectivity index (χ1v) is 8.02. The normalized spacial score (nSPS) is 17.6. The summed E-state index contributed by atoms with van der Waals surface area (Å²) < 4.78 is 31.4. The Morgan fingerprint density at radius 3 is 2.24 bits per heavy atom. The van der Waals surface area contributed by atoms with Crippen molar-refractivity contribution in [3.8, 4) is 5.75 Å². The number of carbonyl (C=O) groups is 1. The lowest BCUT2D eigenvalue weighted by Crippen LogP contribution is -2.50. The molecule has 1 aliphatic heterocycles. The SMILES string of the molecule is COc1ccc(S(=O)(=O)N2CCN(CC(N)=O)CC2)cc1. The summed E-state index contributed by atoms with van der Waals surface area (Å²) in [4.78, 5) is 13.0. The van der Waals surface area contributed by atoms with Crippen LogP contribution in [0.1, 0.15) is 0 Å². The zero-order chi connectivity index (χ0) is 15.5. The third kappa shape index (κ3) is 3.72. The van der Waals surface area contributed by atoms with E-state index >= 15 is 0 Å². The van der Waals surface area contributed by atoms with E-state index in [2.05, 4.69) is 0 Å². The minimum absolute atomic E-state index is 0.163. The lowest BCUT2D eigenvalue weighted by atomic mass is 10.3. The lowest BCUT2D eigenvalue weighted by Gasteiger charge is -2.33. The summed E-state index contributed by atoms with van der Waals surface area (Å²) in [6.07, 6.45) is 0. The number of rotatable bonds is 5. The van der Waals surface area contributed by atoms with Gasteiger partial charge < -0.3 is 10.5 Å². The van der Waals surface area contributed by atoms with Crippen LogP contribution in [0.15, 0.2) is 29.2 Å². The second kappa shape index (κ2) is 6.42. The summed E-state index contributed by atoms with van der Waals surface area (Å²) in [5.74, 6) is 0.210. The molecule has 2 N–H and O–H groups in total. The number of nitrogens with zero attached hydrogens (tertiary/aromatic N) is 2. The Morgan fingerprint density at radius 1 is 1.19 bits per heavy atom. The molecule has 1 saturated heterocycles. The van der Waals surface area contributed by atoms with Crippen LogP contribution in [0, 0.1) is 0 Å². The average Bonchev–Trinajstić information content (AvgIpc) is 2.47. The van der Waals surface area contributed by atoms with Gasteiger partial charge in [-0.25, -0.2) is 8.42 Å². The number of piperazine rings is 1. The minimum Gasteiger partial charge on any atom is -0.497 e. The minimum atomic E-state index is -3.50. The van der Waals surface area contributed by atoms with Crippen molar-refractivity contribution in [2.24, 2.45) is 5.73 Å². The summed E-state index contributed by atoms with van der Waals surface area (Å²) in [6, 6.07) is 6.31. The van der Waals surface area contributed by atoms with Gasteiger partial charge in [0.2, 0.25) is 15.9 Å². The molecule has 1 heterocycles. The third-order valence-electron chi connectivity index (χ3n) is 3.41. The quantitative estimate of drug-likeness (QED) is 0.790. The number of hydrogen-bond acceptors (Lipinski definition) is 5. The van der Waals surface area contributed by atoms with Crippen molar-refractivity contribution in [1.29, 1.82) is 0 Å². The predicted octanol–water partition coefficient (Wildman–Crippen LogP) is -0.513. The molecule has 1 aromatic carbocycles. The summed E-state index contributed by atoms with van der Waals surface area (Å²) in [5, 5.41) is 0. The first kappa shape index (κ1) is 15.7. The second-order valence-corrected chi connectivity index (χ2v) is 6.76. The number of carbonyl (C=O) groups excluding carboxylic acids is 1. The molecule has 2 rings (SSSR count). The van der Waals surface area contributed by atoms with Crippen molar-refractivity contribution in [3.05, 3.63) is 24.3 Å². The van der Waals surface area contributed by atoms with E-state index in [0.717, 1.165) is 0 Å². The van der Waals surface area contributed by atoms with E-state index < -0.39 is 15.9 Å². The van der Waals surface area contributed by atoms with Gasteiger partial charge in [0.1, 0.15) is 5.75 Å². The molecule has 0 atom stereocenters. The average molecular weight is 313 g/mol. The molecule has 8 heteroatoms. The van der Waals surface area contributed by atoms with E-state index in [4.69, 9.17) is 10.5 Å². The molecule has 116 valence electrons. The van der Waals surface area contributed by atoms with E-state index in [9.17, 15) is 13.2 Å². The molecule has 1 aliphatic rings. The lowest BCUT2D eigenvalue weighted by molar-refractivity contribution is -0.119. The van der Waals surface area contributed by atoms with E-state index in [-0.39, 0.29) is 11.4 Å². The Labute approximate surface area is 124 Å². The van der Waals surface area contributed by atoms with Crippen molar-refractivity contribution >= 4 is 15.9 Å². The van der Waals surface area contributed by atoms with Crippen LogP contribution in [0.5, 0.6) is 5.75 Å². The summed E-state index contributed by atoms with van der Waals surface area (Å²) in [5.41, 5.74) is 5.14. The monoisotopic (exact) mass is 313 g/mol. The Hall–Kier alpha value is -1.64. The first-order valence-electron chi connectivity index (χ1n) is 6.58. The molecule has 0 spiro atoms. The Kier molecular flexibility index (Phi) is 4.81. The Balaban J connectivity index is 2.05. The van der Waals surface area contributed by atoms with Crippen molar-refractivity contribution in [3.63, 3.8) is 0 Å². The summed E-state index contributed by atoms with van der Waals surface area (Å²) >= 11 is 0. The highest BCUT2D eigenvalue weighted by molar-refractivity contribution is 7.89. The maximum absolute atomic E-state index is 12.5. The number of benzene rings is 1. The van der Waals surface area contributed by atoms with Gasteiger partial charge in [0, 0.05) is 26.2 Å². The first-order chi connectivity index (χ1) is 9.93. The van der Waals surface area contributed by atoms with Gasteiger partial charge in [-0.2, -0.15) is 4.31 Å². The third-order valence-corrected chi connectivity index (χ3v) is 5.32. The number of ether oxygens (including phenoxy) is 1. The fourth-order valence-electron chi connectivity index (χ4n) is 2.25. The molecular formula is C13H19N3O4S. The van der Waals surface area contributed by atoms with Crippen LogP contribution in [0.2, 0.25) is 0 Å². The highest BCUT2D eigenvalue weighted by atomic mass is 32.2. The molecule has 0 aliphatic carbocycles. The van der Waals surface area contributed by atoms with Gasteiger partial charge >= 0.3 is 0 Å².